The molecular weight excluding hydrogens is 297 g/mol. The molecule has 0 aliphatic rings. The van der Waals surface area contributed by atoms with E-state index in [0.717, 1.165) is 21.8 Å². The van der Waals surface area contributed by atoms with E-state index in [1.165, 1.54) is 24.3 Å². The molecule has 0 amide bonds. The molecule has 0 N–H and O–H groups in total. The van der Waals surface area contributed by atoms with Gasteiger partial charge in [0.2, 0.25) is 0 Å². The summed E-state index contributed by atoms with van der Waals surface area (Å²) in [7, 11) is 1.46. The number of nitrogens with zero attached hydrogens (tertiary/aromatic N) is 1. The number of methoxy groups -OCH3 is 1. The van der Waals surface area contributed by atoms with Gasteiger partial charge in [-0.05, 0) is 37.6 Å². The third-order valence-corrected chi connectivity index (χ3v) is 4.44. The summed E-state index contributed by atoms with van der Waals surface area (Å²) >= 11 is 1.57. The van der Waals surface area contributed by atoms with E-state index in [4.69, 9.17) is 4.74 Å². The van der Waals surface area contributed by atoms with Crippen molar-refractivity contribution in [3.8, 4) is 27.6 Å². The quantitative estimate of drug-likeness (QED) is 0.659. The maximum Gasteiger partial charge on any atom is 0.165 e. The fraction of sp³-hybridized carbons (Fsp3) is 0.167. The van der Waals surface area contributed by atoms with Crippen LogP contribution in [0.1, 0.15) is 11.1 Å². The highest BCUT2D eigenvalue weighted by atomic mass is 32.1. The summed E-state index contributed by atoms with van der Waals surface area (Å²) in [6, 6.07) is 11.2. The van der Waals surface area contributed by atoms with Crippen LogP contribution in [0.4, 0.5) is 4.39 Å². The van der Waals surface area contributed by atoms with Crippen molar-refractivity contribution in [2.24, 2.45) is 0 Å². The van der Waals surface area contributed by atoms with Gasteiger partial charge in [-0.3, -0.25) is 0 Å². The normalized spacial score (nSPS) is 10.7. The molecule has 0 radical (unpaired) electrons. The Hall–Kier alpha value is -2.20. The highest BCUT2D eigenvalue weighted by Gasteiger charge is 2.11. The Morgan fingerprint density at radius 2 is 1.91 bits per heavy atom. The van der Waals surface area contributed by atoms with Crippen molar-refractivity contribution in [1.82, 2.24) is 4.98 Å². The molecule has 0 saturated heterocycles. The van der Waals surface area contributed by atoms with Gasteiger partial charge >= 0.3 is 0 Å². The lowest BCUT2D eigenvalue weighted by atomic mass is 10.1. The number of benzene rings is 2. The number of hydrogen-bond acceptors (Lipinski definition) is 3. The summed E-state index contributed by atoms with van der Waals surface area (Å²) in [5.41, 5.74) is 5.08. The molecule has 0 unspecified atom stereocenters. The first-order valence-corrected chi connectivity index (χ1v) is 7.83. The van der Waals surface area contributed by atoms with Gasteiger partial charge in [0.25, 0.3) is 0 Å². The first-order valence-electron chi connectivity index (χ1n) is 6.95. The van der Waals surface area contributed by atoms with Crippen molar-refractivity contribution < 1.29 is 9.13 Å². The Balaban J connectivity index is 1.98. The topological polar surface area (TPSA) is 22.1 Å². The zero-order valence-corrected chi connectivity index (χ0v) is 13.5. The lowest BCUT2D eigenvalue weighted by molar-refractivity contribution is 0.386. The van der Waals surface area contributed by atoms with E-state index in [1.54, 1.807) is 17.4 Å². The molecule has 0 bridgehead atoms. The number of rotatable bonds is 3. The summed E-state index contributed by atoms with van der Waals surface area (Å²) in [6.45, 7) is 4.15. The molecule has 4 heteroatoms. The zero-order chi connectivity index (χ0) is 15.7. The van der Waals surface area contributed by atoms with Gasteiger partial charge in [0.15, 0.2) is 11.6 Å². The Bertz CT molecular complexity index is 826. The molecule has 1 aromatic heterocycles. The van der Waals surface area contributed by atoms with Gasteiger partial charge in [-0.25, -0.2) is 9.37 Å². The highest BCUT2D eigenvalue weighted by molar-refractivity contribution is 7.13. The molecule has 0 spiro atoms. The second kappa shape index (κ2) is 5.89. The van der Waals surface area contributed by atoms with E-state index < -0.39 is 0 Å². The number of aromatic nitrogens is 1. The summed E-state index contributed by atoms with van der Waals surface area (Å²) < 4.78 is 18.8. The van der Waals surface area contributed by atoms with Crippen LogP contribution in [0.3, 0.4) is 0 Å². The minimum Gasteiger partial charge on any atom is -0.494 e. The lowest BCUT2D eigenvalue weighted by Gasteiger charge is -2.04. The van der Waals surface area contributed by atoms with Crippen LogP contribution < -0.4 is 4.74 Å². The van der Waals surface area contributed by atoms with E-state index in [2.05, 4.69) is 37.0 Å². The van der Waals surface area contributed by atoms with Crippen molar-refractivity contribution in [2.75, 3.05) is 7.11 Å². The van der Waals surface area contributed by atoms with E-state index in [1.807, 2.05) is 11.4 Å². The Labute approximate surface area is 133 Å². The van der Waals surface area contributed by atoms with Crippen LogP contribution in [0.5, 0.6) is 5.75 Å². The van der Waals surface area contributed by atoms with Crippen LogP contribution in [0.2, 0.25) is 0 Å². The maximum absolute atomic E-state index is 13.8. The third kappa shape index (κ3) is 2.74. The van der Waals surface area contributed by atoms with E-state index in [0.29, 0.717) is 0 Å². The average molecular weight is 313 g/mol. The molecule has 0 aliphatic carbocycles. The molecule has 3 aromatic rings. The van der Waals surface area contributed by atoms with Gasteiger partial charge in [0, 0.05) is 16.5 Å². The summed E-state index contributed by atoms with van der Waals surface area (Å²) in [6.07, 6.45) is 0. The Morgan fingerprint density at radius 1 is 1.09 bits per heavy atom. The molecule has 0 saturated carbocycles. The van der Waals surface area contributed by atoms with Crippen molar-refractivity contribution in [1.29, 1.82) is 0 Å². The smallest absolute Gasteiger partial charge is 0.165 e. The minimum atomic E-state index is -0.374. The minimum absolute atomic E-state index is 0.244. The van der Waals surface area contributed by atoms with Crippen molar-refractivity contribution in [2.45, 2.75) is 13.8 Å². The Kier molecular flexibility index (Phi) is 3.94. The first kappa shape index (κ1) is 14.7. The second-order valence-corrected chi connectivity index (χ2v) is 6.06. The van der Waals surface area contributed by atoms with E-state index >= 15 is 0 Å². The van der Waals surface area contributed by atoms with Crippen LogP contribution in [-0.4, -0.2) is 12.1 Å². The number of hydrogen-bond donors (Lipinski definition) is 0. The standard InChI is InChI=1S/C18H16FNOS/c1-11-4-6-14(12(2)8-11)18-20-16(10-22-18)13-5-7-17(21-3)15(19)9-13/h4-10H,1-3H3. The van der Waals surface area contributed by atoms with Gasteiger partial charge in [-0.1, -0.05) is 23.8 Å². The molecular formula is C18H16FNOS. The molecule has 0 atom stereocenters. The first-order chi connectivity index (χ1) is 10.6. The van der Waals surface area contributed by atoms with Crippen LogP contribution in [0.15, 0.2) is 41.8 Å². The number of thiazole rings is 1. The molecule has 0 aliphatic heterocycles. The lowest BCUT2D eigenvalue weighted by Crippen LogP contribution is -1.89. The third-order valence-electron chi connectivity index (χ3n) is 3.56. The van der Waals surface area contributed by atoms with Crippen LogP contribution in [0.25, 0.3) is 21.8 Å². The van der Waals surface area contributed by atoms with Gasteiger partial charge in [-0.2, -0.15) is 0 Å². The van der Waals surface area contributed by atoms with Crippen LogP contribution in [-0.2, 0) is 0 Å². The SMILES string of the molecule is COc1ccc(-c2csc(-c3ccc(C)cc3C)n2)cc1F. The highest BCUT2D eigenvalue weighted by Crippen LogP contribution is 2.32. The zero-order valence-electron chi connectivity index (χ0n) is 12.7. The van der Waals surface area contributed by atoms with Crippen LogP contribution in [0, 0.1) is 19.7 Å². The number of ether oxygens (including phenoxy) is 1. The van der Waals surface area contributed by atoms with Gasteiger partial charge in [0.05, 0.1) is 12.8 Å². The van der Waals surface area contributed by atoms with Gasteiger partial charge < -0.3 is 4.74 Å². The van der Waals surface area contributed by atoms with E-state index in [-0.39, 0.29) is 11.6 Å². The summed E-state index contributed by atoms with van der Waals surface area (Å²) in [5, 5.41) is 2.90. The molecule has 0 fully saturated rings. The molecule has 3 rings (SSSR count). The molecule has 112 valence electrons. The summed E-state index contributed by atoms with van der Waals surface area (Å²) in [5.74, 6) is -0.130. The Morgan fingerprint density at radius 3 is 2.59 bits per heavy atom. The van der Waals surface area contributed by atoms with Gasteiger partial charge in [-0.15, -0.1) is 11.3 Å². The predicted molar refractivity (Wildman–Crippen MR) is 89.0 cm³/mol. The summed E-state index contributed by atoms with van der Waals surface area (Å²) in [4.78, 5) is 4.65. The monoisotopic (exact) mass is 313 g/mol. The number of halogens is 1. The average Bonchev–Trinajstić information content (AvgIpc) is 2.96. The fourth-order valence-electron chi connectivity index (χ4n) is 2.41. The van der Waals surface area contributed by atoms with E-state index in [9.17, 15) is 4.39 Å². The molecule has 1 heterocycles. The fourth-order valence-corrected chi connectivity index (χ4v) is 3.33. The predicted octanol–water partition coefficient (Wildman–Crippen LogP) is 5.24. The second-order valence-electron chi connectivity index (χ2n) is 5.21. The van der Waals surface area contributed by atoms with Crippen molar-refractivity contribution in [3.05, 3.63) is 58.7 Å². The van der Waals surface area contributed by atoms with Crippen molar-refractivity contribution in [3.63, 3.8) is 0 Å². The van der Waals surface area contributed by atoms with Gasteiger partial charge in [0.1, 0.15) is 5.01 Å². The van der Waals surface area contributed by atoms with Crippen LogP contribution >= 0.6 is 11.3 Å². The molecule has 2 aromatic carbocycles. The maximum atomic E-state index is 13.8. The molecule has 2 nitrogen and oxygen atoms in total. The van der Waals surface area contributed by atoms with Crippen molar-refractivity contribution >= 4 is 11.3 Å². The molecule has 22 heavy (non-hydrogen) atoms. The largest absolute Gasteiger partial charge is 0.494 e. The number of aryl methyl sites for hydroxylation is 2.